The van der Waals surface area contributed by atoms with E-state index >= 15 is 0 Å². The van der Waals surface area contributed by atoms with E-state index in [0.29, 0.717) is 0 Å². The summed E-state index contributed by atoms with van der Waals surface area (Å²) in [6.07, 6.45) is 1.32. The van der Waals surface area contributed by atoms with Gasteiger partial charge >= 0.3 is 8.53 Å². The molecule has 0 N–H and O–H groups in total. The lowest BCUT2D eigenvalue weighted by Crippen LogP contribution is -1.75. The first-order valence-corrected chi connectivity index (χ1v) is 2.94. The molecule has 0 radical (unpaired) electrons. The van der Waals surface area contributed by atoms with Crippen molar-refractivity contribution in [2.75, 3.05) is 14.2 Å². The van der Waals surface area contributed by atoms with Gasteiger partial charge in [0.15, 0.2) is 0 Å². The Hall–Kier alpha value is -0.270. The fraction of sp³-hybridized carbons (Fsp3) is 0.667. The monoisotopic (exact) mass is 135 g/mol. The Kier molecular flexibility index (Phi) is 4.71. The lowest BCUT2D eigenvalue weighted by molar-refractivity contribution is 0.341. The van der Waals surface area contributed by atoms with Crippen molar-refractivity contribution < 1.29 is 13.8 Å². The minimum Gasteiger partial charge on any atom is -0.319 e. The number of nitrogens with zero attached hydrogens (tertiary/aromatic N) is 1. The fourth-order valence-electron chi connectivity index (χ4n) is 0.190. The Bertz CT molecular complexity index is 96.7. The van der Waals surface area contributed by atoms with Gasteiger partial charge in [-0.2, -0.15) is 0 Å². The maximum atomic E-state index is 9.50. The van der Waals surface area contributed by atoms with Gasteiger partial charge in [-0.05, 0) is 0 Å². The topological polar surface area (TPSA) is 47.9 Å². The quantitative estimate of drug-likeness (QED) is 0.327. The van der Waals surface area contributed by atoms with Gasteiger partial charge in [0, 0.05) is 14.2 Å². The third-order valence-corrected chi connectivity index (χ3v) is 1.30. The molecule has 0 heterocycles. The summed E-state index contributed by atoms with van der Waals surface area (Å²) in [7, 11) is 1.47. The Morgan fingerprint density at radius 3 is 2.12 bits per heavy atom. The first-order chi connectivity index (χ1) is 3.85. The average molecular weight is 135 g/mol. The molecule has 0 fully saturated rings. The molecule has 0 aliphatic rings. The molecular weight excluding hydrogens is 129 g/mol. The zero-order valence-electron chi connectivity index (χ0n) is 4.62. The largest absolute Gasteiger partial charge is 0.321 e. The van der Waals surface area contributed by atoms with Gasteiger partial charge in [0.1, 0.15) is 0 Å². The second-order valence-electron chi connectivity index (χ2n) is 0.794. The third kappa shape index (κ3) is 2.83. The van der Waals surface area contributed by atoms with Crippen molar-refractivity contribution in [3.05, 3.63) is 0 Å². The average Bonchev–Trinajstić information content (AvgIpc) is 1.83. The van der Waals surface area contributed by atoms with Crippen LogP contribution in [0.1, 0.15) is 0 Å². The maximum Gasteiger partial charge on any atom is 0.321 e. The summed E-state index contributed by atoms with van der Waals surface area (Å²) in [6.45, 7) is 0. The predicted octanol–water partition coefficient (Wildman–Crippen LogP) is 0.842. The number of carbonyl (C=O) groups excluding carboxylic acids is 1. The lowest BCUT2D eigenvalue weighted by Gasteiger charge is -1.99. The Morgan fingerprint density at radius 2 is 2.00 bits per heavy atom. The number of isocyanates is 1. The highest BCUT2D eigenvalue weighted by Crippen LogP contribution is 2.36. The highest BCUT2D eigenvalue weighted by molar-refractivity contribution is 7.45. The van der Waals surface area contributed by atoms with Crippen LogP contribution < -0.4 is 0 Å². The van der Waals surface area contributed by atoms with Gasteiger partial charge in [0.25, 0.3) is 0 Å². The highest BCUT2D eigenvalue weighted by atomic mass is 31.2. The van der Waals surface area contributed by atoms with Gasteiger partial charge in [0.2, 0.25) is 6.08 Å². The molecule has 0 unspecified atom stereocenters. The maximum absolute atomic E-state index is 9.50. The molecule has 0 aromatic carbocycles. The van der Waals surface area contributed by atoms with Gasteiger partial charge in [-0.3, -0.25) is 0 Å². The normalized spacial score (nSPS) is 8.88. The van der Waals surface area contributed by atoms with Crippen LogP contribution in [-0.4, -0.2) is 20.3 Å². The molecule has 0 aliphatic carbocycles. The van der Waals surface area contributed by atoms with Crippen LogP contribution in [0.15, 0.2) is 4.76 Å². The van der Waals surface area contributed by atoms with Crippen LogP contribution in [0.3, 0.4) is 0 Å². The summed E-state index contributed by atoms with van der Waals surface area (Å²) in [5.74, 6) is 0. The van der Waals surface area contributed by atoms with Gasteiger partial charge in [-0.1, -0.05) is 0 Å². The summed E-state index contributed by atoms with van der Waals surface area (Å²) in [5.41, 5.74) is 0. The van der Waals surface area contributed by atoms with Crippen LogP contribution in [0, 0.1) is 0 Å². The lowest BCUT2D eigenvalue weighted by atomic mass is 11.7. The van der Waals surface area contributed by atoms with E-state index in [4.69, 9.17) is 0 Å². The Morgan fingerprint density at radius 1 is 1.50 bits per heavy atom. The minimum absolute atomic E-state index is 1.32. The van der Waals surface area contributed by atoms with Crippen LogP contribution in [0.25, 0.3) is 0 Å². The summed E-state index contributed by atoms with van der Waals surface area (Å²) in [6, 6.07) is 0. The van der Waals surface area contributed by atoms with Crippen molar-refractivity contribution in [2.45, 2.75) is 0 Å². The molecule has 5 heteroatoms. The smallest absolute Gasteiger partial charge is 0.319 e. The molecule has 0 spiro atoms. The molecule has 0 bridgehead atoms. The molecule has 0 atom stereocenters. The van der Waals surface area contributed by atoms with Crippen LogP contribution in [0.2, 0.25) is 0 Å². The van der Waals surface area contributed by atoms with E-state index < -0.39 is 8.53 Å². The molecule has 8 heavy (non-hydrogen) atoms. The standard InChI is InChI=1S/C3H6NO3P/c1-6-8(7-2)4-3-5/h1-2H3. The third-order valence-electron chi connectivity index (χ3n) is 0.435. The molecule has 0 saturated heterocycles. The molecule has 0 aliphatic heterocycles. The van der Waals surface area contributed by atoms with E-state index in [0.717, 1.165) is 0 Å². The Balaban J connectivity index is 3.52. The Labute approximate surface area is 48.5 Å². The molecule has 4 nitrogen and oxygen atoms in total. The molecule has 0 rings (SSSR count). The van der Waals surface area contributed by atoms with Gasteiger partial charge in [-0.25, -0.2) is 4.79 Å². The van der Waals surface area contributed by atoms with Crippen LogP contribution >= 0.6 is 8.53 Å². The minimum atomic E-state index is -1.35. The zero-order chi connectivity index (χ0) is 6.41. The molecule has 0 amide bonds. The zero-order valence-corrected chi connectivity index (χ0v) is 5.51. The van der Waals surface area contributed by atoms with Crippen molar-refractivity contribution in [2.24, 2.45) is 4.76 Å². The van der Waals surface area contributed by atoms with Crippen molar-refractivity contribution >= 4 is 14.6 Å². The van der Waals surface area contributed by atoms with Crippen LogP contribution in [-0.2, 0) is 13.8 Å². The number of hydrogen-bond donors (Lipinski definition) is 0. The van der Waals surface area contributed by atoms with Crippen molar-refractivity contribution in [1.29, 1.82) is 0 Å². The fourth-order valence-corrected chi connectivity index (χ4v) is 0.569. The highest BCUT2D eigenvalue weighted by Gasteiger charge is 2.00. The molecule has 0 saturated carbocycles. The van der Waals surface area contributed by atoms with E-state index in [9.17, 15) is 4.79 Å². The predicted molar refractivity (Wildman–Crippen MR) is 29.1 cm³/mol. The van der Waals surface area contributed by atoms with Crippen molar-refractivity contribution in [1.82, 2.24) is 0 Å². The van der Waals surface area contributed by atoms with Crippen LogP contribution in [0.4, 0.5) is 0 Å². The second-order valence-corrected chi connectivity index (χ2v) is 2.20. The first kappa shape index (κ1) is 7.73. The second kappa shape index (κ2) is 4.88. The van der Waals surface area contributed by atoms with E-state index in [-0.39, 0.29) is 0 Å². The van der Waals surface area contributed by atoms with Crippen molar-refractivity contribution in [3.63, 3.8) is 0 Å². The summed E-state index contributed by atoms with van der Waals surface area (Å²) < 4.78 is 12.3. The molecular formula is C3H6NO3P. The summed E-state index contributed by atoms with van der Waals surface area (Å²) in [4.78, 5) is 9.50. The van der Waals surface area contributed by atoms with Crippen molar-refractivity contribution in [3.8, 4) is 0 Å². The van der Waals surface area contributed by atoms with Crippen LogP contribution in [0.5, 0.6) is 0 Å². The molecule has 46 valence electrons. The number of hydrogen-bond acceptors (Lipinski definition) is 4. The molecule has 0 aromatic rings. The van der Waals surface area contributed by atoms with E-state index in [1.165, 1.54) is 20.3 Å². The van der Waals surface area contributed by atoms with E-state index in [2.05, 4.69) is 13.8 Å². The van der Waals surface area contributed by atoms with Gasteiger partial charge in [0.05, 0.1) is 0 Å². The van der Waals surface area contributed by atoms with E-state index in [1.807, 2.05) is 0 Å². The number of rotatable bonds is 3. The SMILES string of the molecule is COP(N=C=O)OC. The molecule has 0 aromatic heterocycles. The first-order valence-electron chi connectivity index (χ1n) is 1.81. The summed E-state index contributed by atoms with van der Waals surface area (Å²) in [5, 5.41) is 0. The van der Waals surface area contributed by atoms with Gasteiger partial charge in [-0.15, -0.1) is 4.76 Å². The summed E-state index contributed by atoms with van der Waals surface area (Å²) >= 11 is 0. The van der Waals surface area contributed by atoms with Gasteiger partial charge < -0.3 is 9.05 Å². The van der Waals surface area contributed by atoms with E-state index in [1.54, 1.807) is 0 Å².